The van der Waals surface area contributed by atoms with Crippen LogP contribution >= 0.6 is 11.3 Å². The SMILES string of the molecule is C#CCn1c(=NC(=O)c2cc(=O)c3ccccc3o2)sc2ccccc21. The van der Waals surface area contributed by atoms with Crippen LogP contribution in [0, 0.1) is 12.3 Å². The van der Waals surface area contributed by atoms with Gasteiger partial charge in [-0.15, -0.1) is 6.42 Å². The Balaban J connectivity index is 1.88. The summed E-state index contributed by atoms with van der Waals surface area (Å²) in [5, 5.41) is 0.424. The number of amides is 1. The summed E-state index contributed by atoms with van der Waals surface area (Å²) in [6, 6.07) is 15.6. The topological polar surface area (TPSA) is 64.6 Å². The van der Waals surface area contributed by atoms with Gasteiger partial charge in [-0.2, -0.15) is 4.99 Å². The summed E-state index contributed by atoms with van der Waals surface area (Å²) < 4.78 is 8.32. The van der Waals surface area contributed by atoms with Crippen molar-refractivity contribution in [1.82, 2.24) is 4.57 Å². The lowest BCUT2D eigenvalue weighted by atomic mass is 10.2. The molecule has 0 atom stereocenters. The average molecular weight is 360 g/mol. The van der Waals surface area contributed by atoms with Gasteiger partial charge in [0.2, 0.25) is 0 Å². The van der Waals surface area contributed by atoms with E-state index in [1.807, 2.05) is 24.3 Å². The molecule has 126 valence electrons. The van der Waals surface area contributed by atoms with Crippen molar-refractivity contribution in [3.63, 3.8) is 0 Å². The van der Waals surface area contributed by atoms with Gasteiger partial charge in [-0.25, -0.2) is 0 Å². The Morgan fingerprint density at radius 2 is 1.96 bits per heavy atom. The van der Waals surface area contributed by atoms with E-state index in [0.29, 0.717) is 15.8 Å². The standard InChI is InChI=1S/C20H12N2O3S/c1-2-11-22-14-8-4-6-10-18(14)26-20(22)21-19(24)17-12-15(23)13-7-3-5-9-16(13)25-17/h1,3-10,12H,11H2. The Morgan fingerprint density at radius 3 is 2.81 bits per heavy atom. The highest BCUT2D eigenvalue weighted by molar-refractivity contribution is 7.16. The lowest BCUT2D eigenvalue weighted by molar-refractivity contribution is 0.0972. The zero-order chi connectivity index (χ0) is 18.1. The number of nitrogens with zero attached hydrogens (tertiary/aromatic N) is 2. The molecule has 0 N–H and O–H groups in total. The minimum Gasteiger partial charge on any atom is -0.451 e. The molecule has 0 saturated carbocycles. The van der Waals surface area contributed by atoms with Gasteiger partial charge in [0.05, 0.1) is 22.1 Å². The highest BCUT2D eigenvalue weighted by Crippen LogP contribution is 2.17. The number of rotatable bonds is 2. The van der Waals surface area contributed by atoms with Crippen LogP contribution in [-0.4, -0.2) is 10.5 Å². The average Bonchev–Trinajstić information content (AvgIpc) is 2.99. The minimum absolute atomic E-state index is 0.0987. The monoisotopic (exact) mass is 360 g/mol. The summed E-state index contributed by atoms with van der Waals surface area (Å²) in [6.07, 6.45) is 5.45. The summed E-state index contributed by atoms with van der Waals surface area (Å²) in [5.74, 6) is 1.85. The molecule has 26 heavy (non-hydrogen) atoms. The molecule has 0 spiro atoms. The number of carbonyl (C=O) groups is 1. The molecular weight excluding hydrogens is 348 g/mol. The van der Waals surface area contributed by atoms with Gasteiger partial charge in [0.15, 0.2) is 16.0 Å². The largest absolute Gasteiger partial charge is 0.451 e. The van der Waals surface area contributed by atoms with Crippen LogP contribution in [0.2, 0.25) is 0 Å². The molecule has 4 aromatic rings. The molecule has 0 aliphatic rings. The van der Waals surface area contributed by atoms with Gasteiger partial charge >= 0.3 is 5.91 Å². The minimum atomic E-state index is -0.620. The molecular formula is C20H12N2O3S. The molecule has 2 aromatic heterocycles. The maximum atomic E-state index is 12.6. The maximum Gasteiger partial charge on any atom is 0.315 e. The predicted octanol–water partition coefficient (Wildman–Crippen LogP) is 3.18. The molecule has 6 heteroatoms. The molecule has 0 saturated heterocycles. The Kier molecular flexibility index (Phi) is 3.99. The van der Waals surface area contributed by atoms with Crippen LogP contribution in [0.15, 0.2) is 68.8 Å². The molecule has 0 bridgehead atoms. The predicted molar refractivity (Wildman–Crippen MR) is 101 cm³/mol. The second-order valence-electron chi connectivity index (χ2n) is 5.53. The number of fused-ring (bicyclic) bond motifs is 2. The van der Waals surface area contributed by atoms with Crippen molar-refractivity contribution in [2.75, 3.05) is 0 Å². The van der Waals surface area contributed by atoms with Crippen LogP contribution in [0.1, 0.15) is 10.6 Å². The van der Waals surface area contributed by atoms with Crippen molar-refractivity contribution in [3.8, 4) is 12.3 Å². The Hall–Kier alpha value is -3.43. The number of para-hydroxylation sites is 2. The van der Waals surface area contributed by atoms with Crippen molar-refractivity contribution >= 4 is 38.4 Å². The Labute approximate surface area is 151 Å². The van der Waals surface area contributed by atoms with E-state index in [2.05, 4.69) is 10.9 Å². The highest BCUT2D eigenvalue weighted by Gasteiger charge is 2.13. The van der Waals surface area contributed by atoms with E-state index in [4.69, 9.17) is 10.8 Å². The first kappa shape index (κ1) is 16.1. The summed E-state index contributed by atoms with van der Waals surface area (Å²) in [4.78, 5) is 29.4. The molecule has 2 aromatic carbocycles. The van der Waals surface area contributed by atoms with Crippen molar-refractivity contribution in [2.45, 2.75) is 6.54 Å². The molecule has 1 amide bonds. The number of terminal acetylenes is 1. The van der Waals surface area contributed by atoms with Gasteiger partial charge in [0, 0.05) is 6.07 Å². The van der Waals surface area contributed by atoms with Crippen molar-refractivity contribution in [1.29, 1.82) is 0 Å². The zero-order valence-electron chi connectivity index (χ0n) is 13.5. The van der Waals surface area contributed by atoms with Gasteiger partial charge in [0.1, 0.15) is 5.58 Å². The van der Waals surface area contributed by atoms with Gasteiger partial charge in [-0.1, -0.05) is 41.5 Å². The first-order valence-corrected chi connectivity index (χ1v) is 8.63. The Bertz CT molecular complexity index is 1320. The summed E-state index contributed by atoms with van der Waals surface area (Å²) >= 11 is 1.35. The number of thiazole rings is 1. The van der Waals surface area contributed by atoms with Crippen LogP contribution in [0.5, 0.6) is 0 Å². The van der Waals surface area contributed by atoms with Crippen LogP contribution in [0.3, 0.4) is 0 Å². The molecule has 0 aliphatic carbocycles. The van der Waals surface area contributed by atoms with Crippen molar-refractivity contribution in [3.05, 3.63) is 75.4 Å². The second kappa shape index (κ2) is 6.47. The molecule has 0 fully saturated rings. The van der Waals surface area contributed by atoms with E-state index in [-0.39, 0.29) is 17.7 Å². The van der Waals surface area contributed by atoms with Crippen molar-refractivity contribution in [2.24, 2.45) is 4.99 Å². The fourth-order valence-electron chi connectivity index (χ4n) is 2.70. The quantitative estimate of drug-likeness (QED) is 0.516. The number of carbonyl (C=O) groups excluding carboxylic acids is 1. The lowest BCUT2D eigenvalue weighted by Crippen LogP contribution is -2.17. The fraction of sp³-hybridized carbons (Fsp3) is 0.0500. The van der Waals surface area contributed by atoms with Gasteiger partial charge in [-0.05, 0) is 24.3 Å². The lowest BCUT2D eigenvalue weighted by Gasteiger charge is -2.00. The molecule has 5 nitrogen and oxygen atoms in total. The van der Waals surface area contributed by atoms with Gasteiger partial charge in [-0.3, -0.25) is 9.59 Å². The third kappa shape index (κ3) is 2.75. The number of hydrogen-bond acceptors (Lipinski definition) is 4. The number of aromatic nitrogens is 1. The smallest absolute Gasteiger partial charge is 0.315 e. The highest BCUT2D eigenvalue weighted by atomic mass is 32.1. The maximum absolute atomic E-state index is 12.6. The van der Waals surface area contributed by atoms with E-state index in [1.165, 1.54) is 17.4 Å². The number of benzene rings is 2. The van der Waals surface area contributed by atoms with E-state index < -0.39 is 5.91 Å². The van der Waals surface area contributed by atoms with Gasteiger partial charge < -0.3 is 8.98 Å². The van der Waals surface area contributed by atoms with Crippen LogP contribution < -0.4 is 10.2 Å². The fourth-order valence-corrected chi connectivity index (χ4v) is 3.73. The first-order valence-electron chi connectivity index (χ1n) is 7.81. The molecule has 2 heterocycles. The second-order valence-corrected chi connectivity index (χ2v) is 6.54. The van der Waals surface area contributed by atoms with Crippen LogP contribution in [0.25, 0.3) is 21.2 Å². The van der Waals surface area contributed by atoms with E-state index in [1.54, 1.807) is 28.8 Å². The summed E-state index contributed by atoms with van der Waals surface area (Å²) in [7, 11) is 0. The van der Waals surface area contributed by atoms with E-state index >= 15 is 0 Å². The van der Waals surface area contributed by atoms with Crippen LogP contribution in [0.4, 0.5) is 0 Å². The summed E-state index contributed by atoms with van der Waals surface area (Å²) in [6.45, 7) is 0.289. The van der Waals surface area contributed by atoms with E-state index in [0.717, 1.165) is 10.2 Å². The molecule has 0 unspecified atom stereocenters. The molecule has 0 aliphatic heterocycles. The van der Waals surface area contributed by atoms with E-state index in [9.17, 15) is 9.59 Å². The Morgan fingerprint density at radius 1 is 1.19 bits per heavy atom. The molecule has 0 radical (unpaired) electrons. The van der Waals surface area contributed by atoms with Gasteiger partial charge in [0.25, 0.3) is 0 Å². The normalized spacial score (nSPS) is 11.7. The summed E-state index contributed by atoms with van der Waals surface area (Å²) in [5.41, 5.74) is 0.978. The molecule has 4 rings (SSSR count). The first-order chi connectivity index (χ1) is 12.7. The van der Waals surface area contributed by atoms with Crippen LogP contribution in [-0.2, 0) is 6.54 Å². The third-order valence-electron chi connectivity index (χ3n) is 3.88. The number of hydrogen-bond donors (Lipinski definition) is 0. The zero-order valence-corrected chi connectivity index (χ0v) is 14.3. The third-order valence-corrected chi connectivity index (χ3v) is 4.94. The van der Waals surface area contributed by atoms with Crippen molar-refractivity contribution < 1.29 is 9.21 Å².